The summed E-state index contributed by atoms with van der Waals surface area (Å²) in [5, 5.41) is 7.30. The normalized spacial score (nSPS) is 10.7. The molecule has 1 aromatic heterocycles. The van der Waals surface area contributed by atoms with Crippen LogP contribution in [0.1, 0.15) is 27.4 Å². The van der Waals surface area contributed by atoms with Crippen LogP contribution < -0.4 is 10.1 Å². The molecule has 0 saturated carbocycles. The molecule has 0 bridgehead atoms. The Hall–Kier alpha value is -2.44. The minimum atomic E-state index is -0.196. The molecule has 140 valence electrons. The SMILES string of the molecule is COc1ccc(NC(=O)c2ccccc2SCc2c(C)noc2C)cc1Cl. The van der Waals surface area contributed by atoms with Crippen molar-refractivity contribution in [3.8, 4) is 5.75 Å². The van der Waals surface area contributed by atoms with E-state index >= 15 is 0 Å². The van der Waals surface area contributed by atoms with Gasteiger partial charge in [0.1, 0.15) is 11.5 Å². The second-order valence-corrected chi connectivity index (χ2v) is 7.32. The molecule has 0 aliphatic rings. The maximum atomic E-state index is 12.8. The van der Waals surface area contributed by atoms with Crippen LogP contribution in [0.15, 0.2) is 51.9 Å². The van der Waals surface area contributed by atoms with E-state index in [1.165, 1.54) is 0 Å². The molecule has 1 N–H and O–H groups in total. The standard InChI is InChI=1S/C20H19ClN2O3S/c1-12-16(13(2)26-23-12)11-27-19-7-5-4-6-15(19)20(24)22-14-8-9-18(25-3)17(21)10-14/h4-10H,11H2,1-3H3,(H,22,24). The Morgan fingerprint density at radius 3 is 2.70 bits per heavy atom. The van der Waals surface area contributed by atoms with Crippen molar-refractivity contribution in [1.82, 2.24) is 5.16 Å². The van der Waals surface area contributed by atoms with Crippen molar-refractivity contribution in [2.24, 2.45) is 0 Å². The molecule has 1 heterocycles. The van der Waals surface area contributed by atoms with Crippen LogP contribution in [0.2, 0.25) is 5.02 Å². The molecule has 3 aromatic rings. The molecule has 1 amide bonds. The number of carbonyl (C=O) groups excluding carboxylic acids is 1. The minimum Gasteiger partial charge on any atom is -0.495 e. The van der Waals surface area contributed by atoms with Gasteiger partial charge in [0.05, 0.1) is 23.4 Å². The van der Waals surface area contributed by atoms with Crippen molar-refractivity contribution < 1.29 is 14.1 Å². The summed E-state index contributed by atoms with van der Waals surface area (Å²) in [6, 6.07) is 12.6. The van der Waals surface area contributed by atoms with E-state index in [0.717, 1.165) is 21.9 Å². The van der Waals surface area contributed by atoms with Gasteiger partial charge in [-0.2, -0.15) is 0 Å². The van der Waals surface area contributed by atoms with Crippen LogP contribution in [0.25, 0.3) is 0 Å². The van der Waals surface area contributed by atoms with E-state index in [4.69, 9.17) is 20.9 Å². The number of benzene rings is 2. The minimum absolute atomic E-state index is 0.196. The summed E-state index contributed by atoms with van der Waals surface area (Å²) < 4.78 is 10.3. The molecule has 0 unspecified atom stereocenters. The van der Waals surface area contributed by atoms with Crippen molar-refractivity contribution in [3.05, 3.63) is 70.1 Å². The fourth-order valence-electron chi connectivity index (χ4n) is 2.58. The zero-order valence-electron chi connectivity index (χ0n) is 15.2. The van der Waals surface area contributed by atoms with Gasteiger partial charge in [-0.3, -0.25) is 4.79 Å². The maximum Gasteiger partial charge on any atom is 0.256 e. The van der Waals surface area contributed by atoms with Gasteiger partial charge in [0.15, 0.2) is 0 Å². The van der Waals surface area contributed by atoms with E-state index in [0.29, 0.717) is 27.8 Å². The van der Waals surface area contributed by atoms with E-state index in [1.54, 1.807) is 43.1 Å². The molecular weight excluding hydrogens is 384 g/mol. The van der Waals surface area contributed by atoms with Gasteiger partial charge in [0.25, 0.3) is 5.91 Å². The van der Waals surface area contributed by atoms with Crippen LogP contribution in [0.5, 0.6) is 5.75 Å². The number of thioether (sulfide) groups is 1. The summed E-state index contributed by atoms with van der Waals surface area (Å²) in [6.45, 7) is 3.81. The van der Waals surface area contributed by atoms with Crippen molar-refractivity contribution in [3.63, 3.8) is 0 Å². The average molecular weight is 403 g/mol. The van der Waals surface area contributed by atoms with Gasteiger partial charge in [0, 0.05) is 21.9 Å². The molecule has 2 aromatic carbocycles. The lowest BCUT2D eigenvalue weighted by Crippen LogP contribution is -2.13. The van der Waals surface area contributed by atoms with Gasteiger partial charge < -0.3 is 14.6 Å². The van der Waals surface area contributed by atoms with Crippen LogP contribution >= 0.6 is 23.4 Å². The first-order chi connectivity index (χ1) is 13.0. The number of carbonyl (C=O) groups is 1. The Kier molecular flexibility index (Phi) is 6.08. The highest BCUT2D eigenvalue weighted by Gasteiger charge is 2.15. The van der Waals surface area contributed by atoms with Gasteiger partial charge in [-0.1, -0.05) is 28.9 Å². The van der Waals surface area contributed by atoms with Gasteiger partial charge in [0.2, 0.25) is 0 Å². The molecule has 0 fully saturated rings. The number of aromatic nitrogens is 1. The van der Waals surface area contributed by atoms with Crippen LogP contribution in [0, 0.1) is 13.8 Å². The fourth-order valence-corrected chi connectivity index (χ4v) is 4.04. The smallest absolute Gasteiger partial charge is 0.256 e. The molecule has 0 aliphatic carbocycles. The third kappa shape index (κ3) is 4.46. The molecule has 7 heteroatoms. The Balaban J connectivity index is 1.76. The van der Waals surface area contributed by atoms with E-state index in [1.807, 2.05) is 32.0 Å². The number of methoxy groups -OCH3 is 1. The summed E-state index contributed by atoms with van der Waals surface area (Å²) in [5.41, 5.74) is 3.13. The predicted octanol–water partition coefficient (Wildman–Crippen LogP) is 5.50. The topological polar surface area (TPSA) is 64.4 Å². The Labute approximate surface area is 167 Å². The first-order valence-electron chi connectivity index (χ1n) is 8.28. The van der Waals surface area contributed by atoms with Gasteiger partial charge in [-0.15, -0.1) is 11.8 Å². The summed E-state index contributed by atoms with van der Waals surface area (Å²) in [5.74, 6) is 1.85. The van der Waals surface area contributed by atoms with Crippen LogP contribution in [0.3, 0.4) is 0 Å². The Bertz CT molecular complexity index is 952. The number of hydrogen-bond donors (Lipinski definition) is 1. The fraction of sp³-hybridized carbons (Fsp3) is 0.200. The van der Waals surface area contributed by atoms with E-state index in [2.05, 4.69) is 10.5 Å². The third-order valence-electron chi connectivity index (χ3n) is 4.09. The van der Waals surface area contributed by atoms with Crippen LogP contribution in [-0.4, -0.2) is 18.2 Å². The quantitative estimate of drug-likeness (QED) is 0.551. The number of aryl methyl sites for hydroxylation is 2. The monoisotopic (exact) mass is 402 g/mol. The lowest BCUT2D eigenvalue weighted by atomic mass is 10.2. The molecule has 0 spiro atoms. The highest BCUT2D eigenvalue weighted by Crippen LogP contribution is 2.30. The molecule has 0 aliphatic heterocycles. The Morgan fingerprint density at radius 1 is 1.26 bits per heavy atom. The molecule has 0 saturated heterocycles. The summed E-state index contributed by atoms with van der Waals surface area (Å²) >= 11 is 7.71. The Morgan fingerprint density at radius 2 is 2.04 bits per heavy atom. The highest BCUT2D eigenvalue weighted by atomic mass is 35.5. The van der Waals surface area contributed by atoms with Crippen LogP contribution in [0.4, 0.5) is 5.69 Å². The number of amides is 1. The third-order valence-corrected chi connectivity index (χ3v) is 5.49. The number of halogens is 1. The van der Waals surface area contributed by atoms with Crippen molar-refractivity contribution in [1.29, 1.82) is 0 Å². The molecule has 27 heavy (non-hydrogen) atoms. The zero-order chi connectivity index (χ0) is 19.4. The maximum absolute atomic E-state index is 12.8. The summed E-state index contributed by atoms with van der Waals surface area (Å²) in [4.78, 5) is 13.7. The van der Waals surface area contributed by atoms with Crippen molar-refractivity contribution >= 4 is 35.0 Å². The number of nitrogens with zero attached hydrogens (tertiary/aromatic N) is 1. The van der Waals surface area contributed by atoms with Gasteiger partial charge in [-0.05, 0) is 44.2 Å². The zero-order valence-corrected chi connectivity index (χ0v) is 16.8. The number of anilines is 1. The molecule has 0 atom stereocenters. The summed E-state index contributed by atoms with van der Waals surface area (Å²) in [6.07, 6.45) is 0. The van der Waals surface area contributed by atoms with Crippen LogP contribution in [-0.2, 0) is 5.75 Å². The number of hydrogen-bond acceptors (Lipinski definition) is 5. The predicted molar refractivity (Wildman–Crippen MR) is 108 cm³/mol. The van der Waals surface area contributed by atoms with Crippen molar-refractivity contribution in [2.45, 2.75) is 24.5 Å². The average Bonchev–Trinajstić information content (AvgIpc) is 2.98. The van der Waals surface area contributed by atoms with Crippen molar-refractivity contribution in [2.75, 3.05) is 12.4 Å². The lowest BCUT2D eigenvalue weighted by Gasteiger charge is -2.11. The highest BCUT2D eigenvalue weighted by molar-refractivity contribution is 7.98. The van der Waals surface area contributed by atoms with Gasteiger partial charge >= 0.3 is 0 Å². The van der Waals surface area contributed by atoms with E-state index < -0.39 is 0 Å². The summed E-state index contributed by atoms with van der Waals surface area (Å²) in [7, 11) is 1.55. The number of nitrogens with one attached hydrogen (secondary N) is 1. The molecule has 3 rings (SSSR count). The van der Waals surface area contributed by atoms with Gasteiger partial charge in [-0.25, -0.2) is 0 Å². The molecule has 5 nitrogen and oxygen atoms in total. The van der Waals surface area contributed by atoms with E-state index in [9.17, 15) is 4.79 Å². The lowest BCUT2D eigenvalue weighted by molar-refractivity contribution is 0.102. The first kappa shape index (κ1) is 19.3. The first-order valence-corrected chi connectivity index (χ1v) is 9.64. The van der Waals surface area contributed by atoms with E-state index in [-0.39, 0.29) is 5.91 Å². The largest absolute Gasteiger partial charge is 0.495 e. The molecular formula is C20H19ClN2O3S. The second kappa shape index (κ2) is 8.50. The number of rotatable bonds is 6. The molecule has 0 radical (unpaired) electrons. The second-order valence-electron chi connectivity index (χ2n) is 5.89. The number of ether oxygens (including phenoxy) is 1.